The van der Waals surface area contributed by atoms with Gasteiger partial charge in [-0.25, -0.2) is 17.6 Å². The Hall–Kier alpha value is -0.0700. The fraction of sp³-hybridized carbons (Fsp3) is 1.00. The third kappa shape index (κ3) is 1.18. The van der Waals surface area contributed by atoms with Crippen LogP contribution >= 0.6 is 11.8 Å². The Bertz CT molecular complexity index is 185. The molecule has 1 heterocycles. The number of hydrogen-bond donors (Lipinski definition) is 0. The largest absolute Gasteiger partial charge is 0.330 e. The molecule has 0 aromatic heterocycles. The van der Waals surface area contributed by atoms with E-state index < -0.39 is 41.0 Å². The average molecular weight is 210 g/mol. The van der Waals surface area contributed by atoms with Crippen molar-refractivity contribution in [2.75, 3.05) is 6.67 Å². The van der Waals surface area contributed by atoms with E-state index in [1.165, 1.54) is 0 Å². The first-order chi connectivity index (χ1) is 5.34. The molecule has 72 valence electrons. The SMILES string of the molecule is FCC1(F)C(F)SC(F)(F)C1F. The maximum absolute atomic E-state index is 12.7. The highest BCUT2D eigenvalue weighted by Gasteiger charge is 2.68. The van der Waals surface area contributed by atoms with E-state index >= 15 is 0 Å². The monoisotopic (exact) mass is 210 g/mol. The zero-order valence-electron chi connectivity index (χ0n) is 5.54. The number of rotatable bonds is 1. The molecular weight excluding hydrogens is 206 g/mol. The van der Waals surface area contributed by atoms with Gasteiger partial charge in [-0.2, -0.15) is 8.78 Å². The van der Waals surface area contributed by atoms with Crippen molar-refractivity contribution < 1.29 is 26.3 Å². The number of thioether (sulfide) groups is 1. The molecule has 1 aliphatic rings. The van der Waals surface area contributed by atoms with Gasteiger partial charge in [0.2, 0.25) is 11.8 Å². The number of halogens is 6. The van der Waals surface area contributed by atoms with Crippen molar-refractivity contribution in [3.8, 4) is 0 Å². The fourth-order valence-corrected chi connectivity index (χ4v) is 1.79. The average Bonchev–Trinajstić information content (AvgIpc) is 2.13. The second-order valence-electron chi connectivity index (χ2n) is 2.42. The van der Waals surface area contributed by atoms with Gasteiger partial charge in [0.15, 0.2) is 5.50 Å². The maximum Gasteiger partial charge on any atom is 0.330 e. The summed E-state index contributed by atoms with van der Waals surface area (Å²) < 4.78 is 73.6. The van der Waals surface area contributed by atoms with Crippen molar-refractivity contribution in [3.63, 3.8) is 0 Å². The highest BCUT2D eigenvalue weighted by atomic mass is 32.2. The zero-order chi connectivity index (χ0) is 9.57. The molecular formula is C5H4F6S. The van der Waals surface area contributed by atoms with Crippen LogP contribution in [0.1, 0.15) is 0 Å². The molecule has 1 saturated heterocycles. The molecule has 1 aliphatic heterocycles. The summed E-state index contributed by atoms with van der Waals surface area (Å²) in [6.07, 6.45) is -3.42. The Kier molecular flexibility index (Phi) is 2.26. The van der Waals surface area contributed by atoms with E-state index in [9.17, 15) is 26.3 Å². The van der Waals surface area contributed by atoms with Crippen molar-refractivity contribution in [3.05, 3.63) is 0 Å². The van der Waals surface area contributed by atoms with Gasteiger partial charge in [0.05, 0.1) is 0 Å². The van der Waals surface area contributed by atoms with E-state index in [1.807, 2.05) is 0 Å². The van der Waals surface area contributed by atoms with E-state index in [0.717, 1.165) is 0 Å². The minimum atomic E-state index is -4.18. The van der Waals surface area contributed by atoms with Crippen molar-refractivity contribution in [2.45, 2.75) is 22.6 Å². The lowest BCUT2D eigenvalue weighted by molar-refractivity contribution is -0.0760. The minimum Gasteiger partial charge on any atom is -0.247 e. The lowest BCUT2D eigenvalue weighted by Gasteiger charge is -2.19. The van der Waals surface area contributed by atoms with Crippen LogP contribution in [0.25, 0.3) is 0 Å². The lowest BCUT2D eigenvalue weighted by atomic mass is 10.0. The zero-order valence-corrected chi connectivity index (χ0v) is 6.35. The molecule has 0 nitrogen and oxygen atoms in total. The van der Waals surface area contributed by atoms with Crippen molar-refractivity contribution in [1.29, 1.82) is 0 Å². The first-order valence-electron chi connectivity index (χ1n) is 2.93. The van der Waals surface area contributed by atoms with Crippen LogP contribution in [0.4, 0.5) is 26.3 Å². The van der Waals surface area contributed by atoms with Gasteiger partial charge in [0.25, 0.3) is 0 Å². The third-order valence-corrected chi connectivity index (χ3v) is 2.68. The van der Waals surface area contributed by atoms with E-state index in [4.69, 9.17) is 0 Å². The predicted octanol–water partition coefficient (Wildman–Crippen LogP) is 2.64. The Labute approximate surface area is 68.3 Å². The molecule has 0 aromatic carbocycles. The maximum atomic E-state index is 12.7. The Morgan fingerprint density at radius 1 is 1.17 bits per heavy atom. The van der Waals surface area contributed by atoms with Gasteiger partial charge in [-0.15, -0.1) is 0 Å². The second kappa shape index (κ2) is 2.71. The molecule has 0 aliphatic carbocycles. The van der Waals surface area contributed by atoms with Gasteiger partial charge in [0.1, 0.15) is 6.67 Å². The van der Waals surface area contributed by atoms with Crippen LogP contribution in [0.15, 0.2) is 0 Å². The van der Waals surface area contributed by atoms with Crippen molar-refractivity contribution >= 4 is 11.8 Å². The molecule has 0 N–H and O–H groups in total. The van der Waals surface area contributed by atoms with Gasteiger partial charge in [0, 0.05) is 0 Å². The number of hydrogen-bond acceptors (Lipinski definition) is 1. The minimum absolute atomic E-state index is 0.828. The first kappa shape index (κ1) is 10.0. The summed E-state index contributed by atoms with van der Waals surface area (Å²) in [7, 11) is 0. The van der Waals surface area contributed by atoms with Crippen LogP contribution in [0.3, 0.4) is 0 Å². The van der Waals surface area contributed by atoms with E-state index in [-0.39, 0.29) is 0 Å². The van der Waals surface area contributed by atoms with Crippen LogP contribution < -0.4 is 0 Å². The van der Waals surface area contributed by atoms with Crippen LogP contribution in [0.2, 0.25) is 0 Å². The molecule has 7 heteroatoms. The summed E-state index contributed by atoms with van der Waals surface area (Å²) in [5.74, 6) is 0. The van der Waals surface area contributed by atoms with Crippen molar-refractivity contribution in [1.82, 2.24) is 0 Å². The highest BCUT2D eigenvalue weighted by molar-refractivity contribution is 8.01. The Morgan fingerprint density at radius 3 is 1.83 bits per heavy atom. The van der Waals surface area contributed by atoms with Gasteiger partial charge >= 0.3 is 5.25 Å². The first-order valence-corrected chi connectivity index (χ1v) is 3.81. The van der Waals surface area contributed by atoms with Crippen LogP contribution in [0.5, 0.6) is 0 Å². The van der Waals surface area contributed by atoms with E-state index in [1.54, 1.807) is 0 Å². The molecule has 0 saturated carbocycles. The molecule has 0 aromatic rings. The molecule has 0 bridgehead atoms. The van der Waals surface area contributed by atoms with Gasteiger partial charge in [-0.1, -0.05) is 0 Å². The summed E-state index contributed by atoms with van der Waals surface area (Å²) in [6.45, 7) is -2.09. The van der Waals surface area contributed by atoms with Gasteiger partial charge in [-0.3, -0.25) is 0 Å². The van der Waals surface area contributed by atoms with Crippen molar-refractivity contribution in [2.24, 2.45) is 0 Å². The molecule has 0 spiro atoms. The summed E-state index contributed by atoms with van der Waals surface area (Å²) >= 11 is -0.828. The normalized spacial score (nSPS) is 46.5. The second-order valence-corrected chi connectivity index (χ2v) is 3.61. The smallest absolute Gasteiger partial charge is 0.247 e. The van der Waals surface area contributed by atoms with Crippen LogP contribution in [0, 0.1) is 0 Å². The molecule has 1 fully saturated rings. The Balaban J connectivity index is 2.92. The predicted molar refractivity (Wildman–Crippen MR) is 32.1 cm³/mol. The molecule has 3 atom stereocenters. The molecule has 0 amide bonds. The van der Waals surface area contributed by atoms with Crippen LogP contribution in [-0.2, 0) is 0 Å². The summed E-state index contributed by atoms with van der Waals surface area (Å²) in [4.78, 5) is 0. The lowest BCUT2D eigenvalue weighted by Crippen LogP contribution is -2.43. The fourth-order valence-electron chi connectivity index (χ4n) is 0.818. The van der Waals surface area contributed by atoms with Gasteiger partial charge in [-0.05, 0) is 11.8 Å². The molecule has 0 radical (unpaired) electrons. The summed E-state index contributed by atoms with van der Waals surface area (Å²) in [5, 5.41) is -4.18. The summed E-state index contributed by atoms with van der Waals surface area (Å²) in [6, 6.07) is 0. The highest BCUT2D eigenvalue weighted by Crippen LogP contribution is 2.55. The van der Waals surface area contributed by atoms with E-state index in [2.05, 4.69) is 0 Å². The van der Waals surface area contributed by atoms with Gasteiger partial charge < -0.3 is 0 Å². The van der Waals surface area contributed by atoms with Crippen LogP contribution in [-0.4, -0.2) is 29.3 Å². The summed E-state index contributed by atoms with van der Waals surface area (Å²) in [5.41, 5.74) is -6.55. The molecule has 12 heavy (non-hydrogen) atoms. The molecule has 1 rings (SSSR count). The standard InChI is InChI=1S/C5H4F6S/c6-1-4(9)2(7)5(10,11)12-3(4)8/h2-3H,1H2. The molecule has 3 unspecified atom stereocenters. The third-order valence-electron chi connectivity index (χ3n) is 1.56. The Morgan fingerprint density at radius 2 is 1.67 bits per heavy atom. The van der Waals surface area contributed by atoms with E-state index in [0.29, 0.717) is 0 Å². The number of alkyl halides is 6. The quantitative estimate of drug-likeness (QED) is 0.599. The topological polar surface area (TPSA) is 0 Å².